The average Bonchev–Trinajstić information content (AvgIpc) is 3.11. The number of hydrogen-bond donors (Lipinski definition) is 2. The lowest BCUT2D eigenvalue weighted by atomic mass is 10.1. The van der Waals surface area contributed by atoms with Crippen LogP contribution in [0.2, 0.25) is 0 Å². The van der Waals surface area contributed by atoms with Gasteiger partial charge >= 0.3 is 6.18 Å². The number of fused-ring (bicyclic) bond motifs is 1. The molecule has 0 atom stereocenters. The first-order valence-electron chi connectivity index (χ1n) is 9.01. The zero-order valence-electron chi connectivity index (χ0n) is 15.7. The number of aromatic nitrogens is 1. The van der Waals surface area contributed by atoms with Crippen molar-refractivity contribution in [3.05, 3.63) is 83.4 Å². The average molecular weight is 427 g/mol. The number of carbonyl (C=O) groups is 1. The fourth-order valence-electron chi connectivity index (χ4n) is 3.02. The number of benzene rings is 3. The fraction of sp³-hybridized carbons (Fsp3) is 0.0909. The van der Waals surface area contributed by atoms with Crippen molar-refractivity contribution in [3.63, 3.8) is 0 Å². The summed E-state index contributed by atoms with van der Waals surface area (Å²) in [4.78, 5) is 17.2. The smallest absolute Gasteiger partial charge is 0.332 e. The molecule has 2 N–H and O–H groups in total. The maximum Gasteiger partial charge on any atom is 0.416 e. The third-order valence-electron chi connectivity index (χ3n) is 4.36. The van der Waals surface area contributed by atoms with Gasteiger partial charge in [-0.15, -0.1) is 0 Å². The van der Waals surface area contributed by atoms with Crippen molar-refractivity contribution in [3.8, 4) is 0 Å². The quantitative estimate of drug-likeness (QED) is 0.385. The Hall–Kier alpha value is -3.39. The summed E-state index contributed by atoms with van der Waals surface area (Å²) in [6.45, 7) is 1.52. The van der Waals surface area contributed by atoms with Crippen LogP contribution in [0.25, 0.3) is 10.2 Å². The van der Waals surface area contributed by atoms with E-state index >= 15 is 0 Å². The molecule has 3 aromatic carbocycles. The summed E-state index contributed by atoms with van der Waals surface area (Å²) in [5.74, 6) is -0.623. The number of amides is 1. The Bertz CT molecular complexity index is 1220. The van der Waals surface area contributed by atoms with Gasteiger partial charge in [-0.1, -0.05) is 35.6 Å². The molecule has 8 heteroatoms. The van der Waals surface area contributed by atoms with Crippen molar-refractivity contribution in [2.45, 2.75) is 13.1 Å². The summed E-state index contributed by atoms with van der Waals surface area (Å²) in [6, 6.07) is 18.1. The normalized spacial score (nSPS) is 11.5. The maximum atomic E-state index is 13.1. The minimum atomic E-state index is -4.52. The topological polar surface area (TPSA) is 54.0 Å². The van der Waals surface area contributed by atoms with Gasteiger partial charge in [-0.25, -0.2) is 4.98 Å². The molecule has 0 spiro atoms. The van der Waals surface area contributed by atoms with Crippen molar-refractivity contribution in [1.29, 1.82) is 0 Å². The van der Waals surface area contributed by atoms with Gasteiger partial charge in [-0.3, -0.25) is 4.79 Å². The van der Waals surface area contributed by atoms with E-state index in [2.05, 4.69) is 15.6 Å². The van der Waals surface area contributed by atoms with Crippen LogP contribution in [-0.2, 0) is 6.18 Å². The predicted octanol–water partition coefficient (Wildman–Crippen LogP) is 6.62. The monoisotopic (exact) mass is 427 g/mol. The summed E-state index contributed by atoms with van der Waals surface area (Å²) in [6.07, 6.45) is -4.52. The number of rotatable bonds is 4. The van der Waals surface area contributed by atoms with Gasteiger partial charge in [0.2, 0.25) is 0 Å². The highest BCUT2D eigenvalue weighted by Crippen LogP contribution is 2.33. The van der Waals surface area contributed by atoms with Gasteiger partial charge in [-0.05, 0) is 55.0 Å². The van der Waals surface area contributed by atoms with Crippen LogP contribution < -0.4 is 10.6 Å². The summed E-state index contributed by atoms with van der Waals surface area (Å²) < 4.78 is 40.1. The fourth-order valence-corrected chi connectivity index (χ4v) is 3.93. The molecule has 0 aliphatic heterocycles. The van der Waals surface area contributed by atoms with Crippen LogP contribution in [0.1, 0.15) is 21.5 Å². The molecule has 4 nitrogen and oxygen atoms in total. The van der Waals surface area contributed by atoms with Crippen LogP contribution in [0.5, 0.6) is 0 Å². The highest BCUT2D eigenvalue weighted by atomic mass is 32.1. The molecule has 0 saturated carbocycles. The van der Waals surface area contributed by atoms with Gasteiger partial charge in [0.1, 0.15) is 5.52 Å². The van der Waals surface area contributed by atoms with Crippen LogP contribution >= 0.6 is 11.3 Å². The second-order valence-electron chi connectivity index (χ2n) is 6.70. The molecule has 30 heavy (non-hydrogen) atoms. The molecule has 0 bridgehead atoms. The highest BCUT2D eigenvalue weighted by molar-refractivity contribution is 7.22. The van der Waals surface area contributed by atoms with E-state index in [-0.39, 0.29) is 5.56 Å². The molecule has 152 valence electrons. The summed E-state index contributed by atoms with van der Waals surface area (Å²) in [5, 5.41) is 6.55. The number of carbonyl (C=O) groups excluding carboxylic acids is 1. The van der Waals surface area contributed by atoms with Gasteiger partial charge in [0, 0.05) is 11.3 Å². The van der Waals surface area contributed by atoms with E-state index in [0.29, 0.717) is 21.9 Å². The second kappa shape index (κ2) is 7.79. The Kier molecular flexibility index (Phi) is 5.17. The van der Waals surface area contributed by atoms with E-state index in [1.807, 2.05) is 36.4 Å². The molecule has 1 aromatic heterocycles. The lowest BCUT2D eigenvalue weighted by Gasteiger charge is -2.11. The summed E-state index contributed by atoms with van der Waals surface area (Å²) in [7, 11) is 0. The first-order valence-corrected chi connectivity index (χ1v) is 9.83. The van der Waals surface area contributed by atoms with Gasteiger partial charge < -0.3 is 10.6 Å². The summed E-state index contributed by atoms with van der Waals surface area (Å²) >= 11 is 1.42. The number of para-hydroxylation sites is 2. The predicted molar refractivity (Wildman–Crippen MR) is 113 cm³/mol. The van der Waals surface area contributed by atoms with Crippen LogP contribution in [0.3, 0.4) is 0 Å². The molecule has 1 heterocycles. The van der Waals surface area contributed by atoms with E-state index in [1.165, 1.54) is 24.3 Å². The van der Waals surface area contributed by atoms with Crippen molar-refractivity contribution < 1.29 is 18.0 Å². The molecule has 0 fully saturated rings. The third kappa shape index (κ3) is 4.28. The molecule has 0 saturated heterocycles. The molecular weight excluding hydrogens is 411 g/mol. The number of hydrogen-bond acceptors (Lipinski definition) is 4. The number of aryl methyl sites for hydroxylation is 1. The number of nitrogens with zero attached hydrogens (tertiary/aromatic N) is 1. The number of nitrogens with one attached hydrogen (secondary N) is 2. The lowest BCUT2D eigenvalue weighted by molar-refractivity contribution is -0.137. The molecule has 0 unspecified atom stereocenters. The Balaban J connectivity index is 1.62. The Morgan fingerprint density at radius 1 is 1.00 bits per heavy atom. The van der Waals surface area contributed by atoms with E-state index < -0.39 is 17.6 Å². The minimum Gasteiger partial charge on any atom is -0.332 e. The lowest BCUT2D eigenvalue weighted by Crippen LogP contribution is -2.14. The largest absolute Gasteiger partial charge is 0.416 e. The van der Waals surface area contributed by atoms with Gasteiger partial charge in [0.15, 0.2) is 5.13 Å². The van der Waals surface area contributed by atoms with Crippen molar-refractivity contribution >= 4 is 44.0 Å². The highest BCUT2D eigenvalue weighted by Gasteiger charge is 2.31. The second-order valence-corrected chi connectivity index (χ2v) is 7.73. The molecular formula is C22H16F3N3OS. The van der Waals surface area contributed by atoms with Gasteiger partial charge in [0.25, 0.3) is 5.91 Å². The molecule has 4 aromatic rings. The van der Waals surface area contributed by atoms with E-state index in [0.717, 1.165) is 22.5 Å². The van der Waals surface area contributed by atoms with Crippen LogP contribution in [0.15, 0.2) is 66.7 Å². The third-order valence-corrected chi connectivity index (χ3v) is 5.30. The zero-order valence-corrected chi connectivity index (χ0v) is 16.6. The van der Waals surface area contributed by atoms with Crippen LogP contribution in [-0.4, -0.2) is 10.9 Å². The first-order chi connectivity index (χ1) is 14.3. The van der Waals surface area contributed by atoms with E-state index in [1.54, 1.807) is 12.1 Å². The van der Waals surface area contributed by atoms with E-state index in [9.17, 15) is 18.0 Å². The molecule has 0 radical (unpaired) electrons. The Labute approximate surface area is 174 Å². The molecule has 4 rings (SSSR count). The SMILES string of the molecule is Cc1cc(C(=O)Nc2cccc3sc(Nc4ccccc4)nc23)cc(C(F)(F)F)c1. The van der Waals surface area contributed by atoms with Gasteiger partial charge in [0.05, 0.1) is 16.0 Å². The van der Waals surface area contributed by atoms with E-state index in [4.69, 9.17) is 0 Å². The van der Waals surface area contributed by atoms with Crippen LogP contribution in [0, 0.1) is 6.92 Å². The Morgan fingerprint density at radius 2 is 1.77 bits per heavy atom. The molecule has 0 aliphatic rings. The number of anilines is 3. The van der Waals surface area contributed by atoms with Gasteiger partial charge in [-0.2, -0.15) is 13.2 Å². The minimum absolute atomic E-state index is 0.0582. The van der Waals surface area contributed by atoms with Crippen LogP contribution in [0.4, 0.5) is 29.7 Å². The standard InChI is InChI=1S/C22H16F3N3OS/c1-13-10-14(12-15(11-13)22(23,24)25)20(29)27-17-8-5-9-18-19(17)28-21(30-18)26-16-6-3-2-4-7-16/h2-12H,1H3,(H,26,28)(H,27,29). The van der Waals surface area contributed by atoms with Crippen molar-refractivity contribution in [1.82, 2.24) is 4.98 Å². The number of thiazole rings is 1. The summed E-state index contributed by atoms with van der Waals surface area (Å²) in [5.41, 5.74) is 1.33. The van der Waals surface area contributed by atoms with Crippen molar-refractivity contribution in [2.75, 3.05) is 10.6 Å². The number of alkyl halides is 3. The van der Waals surface area contributed by atoms with Crippen molar-refractivity contribution in [2.24, 2.45) is 0 Å². The zero-order chi connectivity index (χ0) is 21.3. The maximum absolute atomic E-state index is 13.1. The Morgan fingerprint density at radius 3 is 2.50 bits per heavy atom. The molecule has 1 amide bonds. The number of halogens is 3. The first kappa shape index (κ1) is 19.9. The molecule has 0 aliphatic carbocycles.